The molecule has 0 fully saturated rings. The van der Waals surface area contributed by atoms with Crippen molar-refractivity contribution in [2.45, 2.75) is 0 Å². The highest BCUT2D eigenvalue weighted by molar-refractivity contribution is 6.43. The molecule has 7 nitrogen and oxygen atoms in total. The zero-order chi connectivity index (χ0) is 19.3. The Balaban J connectivity index is 1.85. The molecule has 0 atom stereocenters. The van der Waals surface area contributed by atoms with Crippen LogP contribution in [0.2, 0.25) is 15.1 Å². The van der Waals surface area contributed by atoms with Crippen LogP contribution in [0.3, 0.4) is 0 Å². The molecule has 0 amide bonds. The Kier molecular flexibility index (Phi) is 6.79. The standard InChI is InChI=1S/C16H10Cl3NO6/c17-11-5-13(19)15(6-12(11)18)25-8-16(22)26-7-14(21)9-1-3-10(4-2-9)20(23)24/h1-6H,7-8H2. The summed E-state index contributed by atoms with van der Waals surface area (Å²) in [6.45, 7) is -1.03. The van der Waals surface area contributed by atoms with Crippen LogP contribution in [-0.4, -0.2) is 29.9 Å². The lowest BCUT2D eigenvalue weighted by atomic mass is 10.1. The topological polar surface area (TPSA) is 95.7 Å². The number of Topliss-reactive ketones (excluding diaryl/α,β-unsaturated/α-hetero) is 1. The molecule has 0 N–H and O–H groups in total. The summed E-state index contributed by atoms with van der Waals surface area (Å²) >= 11 is 17.5. The normalized spacial score (nSPS) is 10.3. The van der Waals surface area contributed by atoms with Crippen molar-refractivity contribution in [3.05, 3.63) is 67.1 Å². The summed E-state index contributed by atoms with van der Waals surface area (Å²) in [6.07, 6.45) is 0. The van der Waals surface area contributed by atoms with Gasteiger partial charge in [-0.1, -0.05) is 34.8 Å². The molecule has 136 valence electrons. The van der Waals surface area contributed by atoms with Crippen LogP contribution >= 0.6 is 34.8 Å². The van der Waals surface area contributed by atoms with E-state index >= 15 is 0 Å². The second kappa shape index (κ2) is 8.84. The summed E-state index contributed by atoms with van der Waals surface area (Å²) in [6, 6.07) is 7.64. The number of carbonyl (C=O) groups excluding carboxylic acids is 2. The average Bonchev–Trinajstić information content (AvgIpc) is 2.61. The molecule has 0 radical (unpaired) electrons. The van der Waals surface area contributed by atoms with E-state index in [1.54, 1.807) is 0 Å². The maximum Gasteiger partial charge on any atom is 0.344 e. The third-order valence-electron chi connectivity index (χ3n) is 3.08. The minimum atomic E-state index is -0.803. The first-order valence-electron chi connectivity index (χ1n) is 6.98. The van der Waals surface area contributed by atoms with E-state index in [-0.39, 0.29) is 32.1 Å². The molecule has 0 saturated heterocycles. The maximum atomic E-state index is 11.9. The molecule has 0 bridgehead atoms. The van der Waals surface area contributed by atoms with Crippen molar-refractivity contribution < 1.29 is 24.0 Å². The SMILES string of the molecule is O=C(COc1cc(Cl)c(Cl)cc1Cl)OCC(=O)c1ccc([N+](=O)[O-])cc1. The van der Waals surface area contributed by atoms with Crippen LogP contribution in [0.5, 0.6) is 5.75 Å². The quantitative estimate of drug-likeness (QED) is 0.218. The van der Waals surface area contributed by atoms with Crippen molar-refractivity contribution in [2.24, 2.45) is 0 Å². The van der Waals surface area contributed by atoms with Crippen molar-refractivity contribution in [2.75, 3.05) is 13.2 Å². The number of ketones is 1. The number of nitro groups is 1. The lowest BCUT2D eigenvalue weighted by Gasteiger charge is -2.09. The number of rotatable bonds is 7. The van der Waals surface area contributed by atoms with Gasteiger partial charge in [0.2, 0.25) is 0 Å². The summed E-state index contributed by atoms with van der Waals surface area (Å²) in [5, 5.41) is 11.2. The van der Waals surface area contributed by atoms with Crippen LogP contribution in [0.15, 0.2) is 36.4 Å². The van der Waals surface area contributed by atoms with Crippen molar-refractivity contribution >= 4 is 52.2 Å². The number of ether oxygens (including phenoxy) is 2. The second-order valence-corrected chi connectivity index (χ2v) is 6.09. The Morgan fingerprint density at radius 2 is 1.58 bits per heavy atom. The lowest BCUT2D eigenvalue weighted by Crippen LogP contribution is -2.19. The largest absolute Gasteiger partial charge is 0.480 e. The number of hydrogen-bond acceptors (Lipinski definition) is 6. The van der Waals surface area contributed by atoms with Crippen LogP contribution in [0.25, 0.3) is 0 Å². The first kappa shape index (κ1) is 20.0. The zero-order valence-corrected chi connectivity index (χ0v) is 15.2. The van der Waals surface area contributed by atoms with Crippen LogP contribution in [0.4, 0.5) is 5.69 Å². The number of hydrogen-bond donors (Lipinski definition) is 0. The molecule has 0 heterocycles. The van der Waals surface area contributed by atoms with Gasteiger partial charge in [0, 0.05) is 23.8 Å². The van der Waals surface area contributed by atoms with E-state index in [1.807, 2.05) is 0 Å². The second-order valence-electron chi connectivity index (χ2n) is 4.87. The molecule has 0 spiro atoms. The Labute approximate surface area is 162 Å². The highest BCUT2D eigenvalue weighted by Gasteiger charge is 2.14. The van der Waals surface area contributed by atoms with Crippen molar-refractivity contribution in [3.8, 4) is 5.75 Å². The monoisotopic (exact) mass is 417 g/mol. The van der Waals surface area contributed by atoms with Crippen LogP contribution in [0.1, 0.15) is 10.4 Å². The van der Waals surface area contributed by atoms with Gasteiger partial charge in [0.1, 0.15) is 5.75 Å². The van der Waals surface area contributed by atoms with Gasteiger partial charge >= 0.3 is 5.97 Å². The number of nitrogens with zero attached hydrogens (tertiary/aromatic N) is 1. The molecular weight excluding hydrogens is 409 g/mol. The Bertz CT molecular complexity index is 854. The molecule has 0 aliphatic carbocycles. The van der Waals surface area contributed by atoms with Gasteiger partial charge in [0.05, 0.1) is 20.0 Å². The lowest BCUT2D eigenvalue weighted by molar-refractivity contribution is -0.384. The van der Waals surface area contributed by atoms with Gasteiger partial charge in [-0.2, -0.15) is 0 Å². The van der Waals surface area contributed by atoms with Gasteiger partial charge in [-0.3, -0.25) is 14.9 Å². The van der Waals surface area contributed by atoms with E-state index < -0.39 is 29.9 Å². The molecule has 26 heavy (non-hydrogen) atoms. The molecule has 2 rings (SSSR count). The third kappa shape index (κ3) is 5.32. The summed E-state index contributed by atoms with van der Waals surface area (Å²) in [5.41, 5.74) is 0.0299. The molecule has 0 unspecified atom stereocenters. The molecular formula is C16H10Cl3NO6. The molecule has 0 saturated carbocycles. The molecule has 10 heteroatoms. The predicted octanol–water partition coefficient (Wildman–Crippen LogP) is 4.36. The van der Waals surface area contributed by atoms with Gasteiger partial charge in [-0.05, 0) is 18.2 Å². The number of esters is 1. The van der Waals surface area contributed by atoms with Crippen molar-refractivity contribution in [1.82, 2.24) is 0 Å². The van der Waals surface area contributed by atoms with E-state index in [9.17, 15) is 19.7 Å². The minimum Gasteiger partial charge on any atom is -0.480 e. The maximum absolute atomic E-state index is 11.9. The summed E-state index contributed by atoms with van der Waals surface area (Å²) in [7, 11) is 0. The summed E-state index contributed by atoms with van der Waals surface area (Å²) < 4.78 is 9.98. The number of nitro benzene ring substituents is 1. The molecule has 0 aliphatic heterocycles. The average molecular weight is 419 g/mol. The molecule has 0 aromatic heterocycles. The zero-order valence-electron chi connectivity index (χ0n) is 12.9. The Hall–Kier alpha value is -2.35. The van der Waals surface area contributed by atoms with Crippen LogP contribution in [0, 0.1) is 10.1 Å². The Morgan fingerprint density at radius 3 is 2.19 bits per heavy atom. The number of halogens is 3. The number of carbonyl (C=O) groups is 2. The highest BCUT2D eigenvalue weighted by Crippen LogP contribution is 2.33. The predicted molar refractivity (Wildman–Crippen MR) is 95.4 cm³/mol. The first-order valence-corrected chi connectivity index (χ1v) is 8.12. The van der Waals surface area contributed by atoms with Gasteiger partial charge in [-0.25, -0.2) is 4.79 Å². The number of benzene rings is 2. The van der Waals surface area contributed by atoms with Crippen LogP contribution in [-0.2, 0) is 9.53 Å². The number of non-ortho nitro benzene ring substituents is 1. The van der Waals surface area contributed by atoms with Gasteiger partial charge < -0.3 is 9.47 Å². The van der Waals surface area contributed by atoms with Gasteiger partial charge in [0.15, 0.2) is 19.0 Å². The fourth-order valence-corrected chi connectivity index (χ4v) is 2.38. The Morgan fingerprint density at radius 1 is 0.962 bits per heavy atom. The molecule has 2 aromatic rings. The minimum absolute atomic E-state index is 0.139. The van der Waals surface area contributed by atoms with E-state index in [2.05, 4.69) is 0 Å². The fourth-order valence-electron chi connectivity index (χ4n) is 1.79. The highest BCUT2D eigenvalue weighted by atomic mass is 35.5. The van der Waals surface area contributed by atoms with Crippen LogP contribution < -0.4 is 4.74 Å². The fraction of sp³-hybridized carbons (Fsp3) is 0.125. The molecule has 0 aliphatic rings. The third-order valence-corrected chi connectivity index (χ3v) is 4.10. The molecule has 2 aromatic carbocycles. The van der Waals surface area contributed by atoms with Gasteiger partial charge in [-0.15, -0.1) is 0 Å². The van der Waals surface area contributed by atoms with E-state index in [4.69, 9.17) is 44.3 Å². The summed E-state index contributed by atoms with van der Waals surface area (Å²) in [4.78, 5) is 33.5. The van der Waals surface area contributed by atoms with Gasteiger partial charge in [0.25, 0.3) is 5.69 Å². The first-order chi connectivity index (χ1) is 12.3. The van der Waals surface area contributed by atoms with E-state index in [0.29, 0.717) is 0 Å². The van der Waals surface area contributed by atoms with E-state index in [0.717, 1.165) is 0 Å². The van der Waals surface area contributed by atoms with Crippen molar-refractivity contribution in [1.29, 1.82) is 0 Å². The van der Waals surface area contributed by atoms with Crippen molar-refractivity contribution in [3.63, 3.8) is 0 Å². The van der Waals surface area contributed by atoms with E-state index in [1.165, 1.54) is 36.4 Å². The smallest absolute Gasteiger partial charge is 0.344 e. The summed E-state index contributed by atoms with van der Waals surface area (Å²) in [5.74, 6) is -1.18.